The van der Waals surface area contributed by atoms with Gasteiger partial charge in [0.2, 0.25) is 11.9 Å². The Balaban J connectivity index is 3.08. The third kappa shape index (κ3) is 4.20. The van der Waals surface area contributed by atoms with Crippen molar-refractivity contribution in [3.05, 3.63) is 0 Å². The first-order valence-corrected chi connectivity index (χ1v) is 6.62. The summed E-state index contributed by atoms with van der Waals surface area (Å²) < 4.78 is 5.79. The van der Waals surface area contributed by atoms with Crippen LogP contribution in [0.2, 0.25) is 0 Å². The van der Waals surface area contributed by atoms with Gasteiger partial charge in [-0.25, -0.2) is 5.84 Å². The zero-order valence-electron chi connectivity index (χ0n) is 12.4. The summed E-state index contributed by atoms with van der Waals surface area (Å²) in [5, 5.41) is 0. The summed E-state index contributed by atoms with van der Waals surface area (Å²) in [6.07, 6.45) is 0.852. The van der Waals surface area contributed by atoms with Crippen molar-refractivity contribution in [2.75, 3.05) is 23.4 Å². The molecule has 3 N–H and O–H groups in total. The molecule has 1 heterocycles. The van der Waals surface area contributed by atoms with Crippen LogP contribution in [-0.4, -0.2) is 33.6 Å². The van der Waals surface area contributed by atoms with E-state index in [0.717, 1.165) is 19.5 Å². The lowest BCUT2D eigenvalue weighted by Gasteiger charge is -2.24. The van der Waals surface area contributed by atoms with Crippen LogP contribution in [0.25, 0.3) is 0 Å². The summed E-state index contributed by atoms with van der Waals surface area (Å²) in [5.41, 5.74) is 2.12. The second-order valence-electron chi connectivity index (χ2n) is 4.77. The fourth-order valence-electron chi connectivity index (χ4n) is 1.42. The molecule has 1 rings (SSSR count). The van der Waals surface area contributed by atoms with E-state index in [1.807, 2.05) is 32.6 Å². The highest BCUT2D eigenvalue weighted by atomic mass is 16.5. The molecule has 0 aliphatic heterocycles. The number of nitrogens with one attached hydrogen (secondary N) is 1. The van der Waals surface area contributed by atoms with E-state index in [-0.39, 0.29) is 11.6 Å². The van der Waals surface area contributed by atoms with E-state index in [0.29, 0.717) is 11.9 Å². The van der Waals surface area contributed by atoms with Crippen LogP contribution in [0.4, 0.5) is 11.9 Å². The molecule has 0 radical (unpaired) electrons. The van der Waals surface area contributed by atoms with Crippen LogP contribution >= 0.6 is 0 Å². The smallest absolute Gasteiger partial charge is 0.323 e. The molecule has 0 unspecified atom stereocenters. The van der Waals surface area contributed by atoms with E-state index in [9.17, 15) is 0 Å². The van der Waals surface area contributed by atoms with Gasteiger partial charge >= 0.3 is 6.01 Å². The Morgan fingerprint density at radius 1 is 1.16 bits per heavy atom. The molecule has 0 saturated carbocycles. The summed E-state index contributed by atoms with van der Waals surface area (Å²) >= 11 is 0. The molecule has 0 fully saturated rings. The highest BCUT2D eigenvalue weighted by Gasteiger charge is 2.20. The Morgan fingerprint density at radius 2 is 1.79 bits per heavy atom. The predicted molar refractivity (Wildman–Crippen MR) is 76.2 cm³/mol. The van der Waals surface area contributed by atoms with Crippen LogP contribution in [0.5, 0.6) is 6.01 Å². The van der Waals surface area contributed by atoms with E-state index in [2.05, 4.69) is 27.3 Å². The number of anilines is 2. The Kier molecular flexibility index (Phi) is 5.29. The SMILES string of the molecule is CCN(CC)c1nc(NN)nc(OC(C)(C)CC)n1. The molecule has 108 valence electrons. The van der Waals surface area contributed by atoms with E-state index in [1.165, 1.54) is 0 Å². The zero-order chi connectivity index (χ0) is 14.5. The predicted octanol–water partition coefficient (Wildman–Crippen LogP) is 1.57. The van der Waals surface area contributed by atoms with Gasteiger partial charge in [0.05, 0.1) is 0 Å². The van der Waals surface area contributed by atoms with Gasteiger partial charge in [-0.1, -0.05) is 6.92 Å². The Labute approximate surface area is 114 Å². The molecule has 0 aliphatic rings. The van der Waals surface area contributed by atoms with Crippen molar-refractivity contribution in [2.45, 2.75) is 46.6 Å². The van der Waals surface area contributed by atoms with Gasteiger partial charge in [-0.05, 0) is 34.1 Å². The van der Waals surface area contributed by atoms with Gasteiger partial charge in [-0.2, -0.15) is 15.0 Å². The highest BCUT2D eigenvalue weighted by Crippen LogP contribution is 2.20. The molecule has 0 aliphatic carbocycles. The van der Waals surface area contributed by atoms with Crippen molar-refractivity contribution < 1.29 is 4.74 Å². The zero-order valence-corrected chi connectivity index (χ0v) is 12.4. The number of nitrogen functional groups attached to an aromatic ring is 1. The molecule has 7 nitrogen and oxygen atoms in total. The summed E-state index contributed by atoms with van der Waals surface area (Å²) in [4.78, 5) is 14.7. The van der Waals surface area contributed by atoms with E-state index in [1.54, 1.807) is 0 Å². The maximum absolute atomic E-state index is 5.79. The minimum absolute atomic E-state index is 0.289. The normalized spacial score (nSPS) is 11.3. The molecular formula is C12H24N6O. The lowest BCUT2D eigenvalue weighted by Crippen LogP contribution is -2.30. The van der Waals surface area contributed by atoms with E-state index >= 15 is 0 Å². The fraction of sp³-hybridized carbons (Fsp3) is 0.750. The van der Waals surface area contributed by atoms with Crippen molar-refractivity contribution in [1.29, 1.82) is 0 Å². The van der Waals surface area contributed by atoms with Crippen molar-refractivity contribution in [2.24, 2.45) is 5.84 Å². The van der Waals surface area contributed by atoms with Crippen LogP contribution in [-0.2, 0) is 0 Å². The lowest BCUT2D eigenvalue weighted by atomic mass is 10.1. The van der Waals surface area contributed by atoms with Gasteiger partial charge in [0.1, 0.15) is 5.60 Å². The molecule has 0 atom stereocenters. The van der Waals surface area contributed by atoms with Gasteiger partial charge in [0.15, 0.2) is 0 Å². The summed E-state index contributed by atoms with van der Waals surface area (Å²) in [6, 6.07) is 0.289. The molecule has 0 bridgehead atoms. The van der Waals surface area contributed by atoms with Gasteiger partial charge in [-0.3, -0.25) is 5.43 Å². The fourth-order valence-corrected chi connectivity index (χ4v) is 1.42. The number of nitrogens with zero attached hydrogens (tertiary/aromatic N) is 4. The van der Waals surface area contributed by atoms with Crippen LogP contribution in [0.3, 0.4) is 0 Å². The Morgan fingerprint density at radius 3 is 2.26 bits per heavy atom. The molecule has 1 aromatic heterocycles. The Hall–Kier alpha value is -1.63. The van der Waals surface area contributed by atoms with Gasteiger partial charge in [0, 0.05) is 13.1 Å². The monoisotopic (exact) mass is 268 g/mol. The van der Waals surface area contributed by atoms with Gasteiger partial charge in [0.25, 0.3) is 0 Å². The Bertz CT molecular complexity index is 405. The number of hydrogen-bond acceptors (Lipinski definition) is 7. The number of rotatable bonds is 7. The lowest BCUT2D eigenvalue weighted by molar-refractivity contribution is 0.0925. The minimum atomic E-state index is -0.326. The molecule has 7 heteroatoms. The molecule has 1 aromatic rings. The van der Waals surface area contributed by atoms with Gasteiger partial charge in [-0.15, -0.1) is 0 Å². The number of hydrazine groups is 1. The van der Waals surface area contributed by atoms with Crippen molar-refractivity contribution in [3.8, 4) is 6.01 Å². The maximum Gasteiger partial charge on any atom is 0.323 e. The molecule has 0 amide bonds. The van der Waals surface area contributed by atoms with Crippen LogP contribution < -0.4 is 20.9 Å². The average molecular weight is 268 g/mol. The first-order valence-electron chi connectivity index (χ1n) is 6.62. The van der Waals surface area contributed by atoms with Gasteiger partial charge < -0.3 is 9.64 Å². The molecule has 0 spiro atoms. The van der Waals surface area contributed by atoms with E-state index in [4.69, 9.17) is 10.6 Å². The second kappa shape index (κ2) is 6.51. The second-order valence-corrected chi connectivity index (χ2v) is 4.77. The number of aromatic nitrogens is 3. The molecular weight excluding hydrogens is 244 g/mol. The first kappa shape index (κ1) is 15.4. The number of hydrogen-bond donors (Lipinski definition) is 2. The number of nitrogens with two attached hydrogens (primary N) is 1. The van der Waals surface area contributed by atoms with Crippen molar-refractivity contribution in [3.63, 3.8) is 0 Å². The minimum Gasteiger partial charge on any atom is -0.457 e. The highest BCUT2D eigenvalue weighted by molar-refractivity contribution is 5.37. The molecule has 0 saturated heterocycles. The average Bonchev–Trinajstić information content (AvgIpc) is 2.39. The third-order valence-electron chi connectivity index (χ3n) is 3.00. The van der Waals surface area contributed by atoms with Crippen LogP contribution in [0.1, 0.15) is 41.0 Å². The maximum atomic E-state index is 5.79. The summed E-state index contributed by atoms with van der Waals surface area (Å²) in [6.45, 7) is 11.7. The van der Waals surface area contributed by atoms with Crippen LogP contribution in [0.15, 0.2) is 0 Å². The van der Waals surface area contributed by atoms with Crippen LogP contribution in [0, 0.1) is 0 Å². The number of ether oxygens (including phenoxy) is 1. The summed E-state index contributed by atoms with van der Waals surface area (Å²) in [5.74, 6) is 6.26. The molecule has 0 aromatic carbocycles. The first-order chi connectivity index (χ1) is 8.95. The van der Waals surface area contributed by atoms with Crippen molar-refractivity contribution in [1.82, 2.24) is 15.0 Å². The molecule has 19 heavy (non-hydrogen) atoms. The standard InChI is InChI=1S/C12H24N6O/c1-6-12(4,5)19-11-15-9(17-13)14-10(16-11)18(7-2)8-3/h6-8,13H2,1-5H3,(H,14,15,16,17). The van der Waals surface area contributed by atoms with E-state index < -0.39 is 0 Å². The topological polar surface area (TPSA) is 89.2 Å². The third-order valence-corrected chi connectivity index (χ3v) is 3.00. The largest absolute Gasteiger partial charge is 0.457 e. The quantitative estimate of drug-likeness (QED) is 0.573. The summed E-state index contributed by atoms with van der Waals surface area (Å²) in [7, 11) is 0. The van der Waals surface area contributed by atoms with Crippen molar-refractivity contribution >= 4 is 11.9 Å².